The molecule has 0 fully saturated rings. The van der Waals surface area contributed by atoms with Gasteiger partial charge in [-0.2, -0.15) is 0 Å². The molecule has 2 aromatic carbocycles. The van der Waals surface area contributed by atoms with E-state index in [0.29, 0.717) is 17.2 Å². The van der Waals surface area contributed by atoms with E-state index in [-0.39, 0.29) is 6.04 Å². The van der Waals surface area contributed by atoms with Crippen LogP contribution >= 0.6 is 0 Å². The monoisotopic (exact) mass is 399 g/mol. The predicted octanol–water partition coefficient (Wildman–Crippen LogP) is 3.00. The smallest absolute Gasteiger partial charge is 0.240 e. The molecule has 6 heteroatoms. The lowest BCUT2D eigenvalue weighted by molar-refractivity contribution is 0.485. The second-order valence-electron chi connectivity index (χ2n) is 8.24. The van der Waals surface area contributed by atoms with Crippen molar-refractivity contribution in [1.29, 1.82) is 0 Å². The van der Waals surface area contributed by atoms with Crippen LogP contribution in [0.25, 0.3) is 0 Å². The highest BCUT2D eigenvalue weighted by molar-refractivity contribution is 7.89. The van der Waals surface area contributed by atoms with Crippen LogP contribution in [0, 0.1) is 5.92 Å². The molecule has 0 aromatic heterocycles. The third-order valence-electron chi connectivity index (χ3n) is 4.91. The third-order valence-corrected chi connectivity index (χ3v) is 6.52. The Morgan fingerprint density at radius 2 is 1.50 bits per heavy atom. The van der Waals surface area contributed by atoms with Crippen LogP contribution in [0.4, 0.5) is 0 Å². The zero-order chi connectivity index (χ0) is 20.4. The molecule has 1 atom stereocenters. The molecule has 2 aromatic rings. The summed E-state index contributed by atoms with van der Waals surface area (Å²) in [5.41, 5.74) is 0.461. The predicted molar refractivity (Wildman–Crippen MR) is 111 cm³/mol. The fourth-order valence-electron chi connectivity index (χ4n) is 3.42. The summed E-state index contributed by atoms with van der Waals surface area (Å²) in [7, 11) is -3.51. The molecule has 1 aliphatic rings. The Morgan fingerprint density at radius 3 is 2.04 bits per heavy atom. The Morgan fingerprint density at radius 1 is 0.929 bits per heavy atom. The second-order valence-corrected chi connectivity index (χ2v) is 9.96. The Balaban J connectivity index is 1.69. The highest BCUT2D eigenvalue weighted by Gasteiger charge is 2.26. The Hall–Kier alpha value is -2.05. The summed E-state index contributed by atoms with van der Waals surface area (Å²) < 4.78 is 28.0. The number of benzene rings is 2. The minimum Gasteiger partial charge on any atom is -0.253 e. The third kappa shape index (κ3) is 5.06. The van der Waals surface area contributed by atoms with Crippen LogP contribution in [0.2, 0.25) is 0 Å². The largest absolute Gasteiger partial charge is 0.253 e. The normalized spacial score (nSPS) is 16.3. The average Bonchev–Trinajstić information content (AvgIpc) is 2.95. The van der Waals surface area contributed by atoms with E-state index in [9.17, 15) is 8.42 Å². The molecule has 0 spiro atoms. The van der Waals surface area contributed by atoms with E-state index in [1.807, 2.05) is 50.2 Å². The number of nitrogens with zero attached hydrogens (tertiary/aromatic N) is 2. The van der Waals surface area contributed by atoms with Crippen LogP contribution in [-0.4, -0.2) is 20.1 Å². The highest BCUT2D eigenvalue weighted by Crippen LogP contribution is 2.21. The number of hydrogen-bond acceptors (Lipinski definition) is 4. The number of para-hydroxylation sites is 2. The lowest BCUT2D eigenvalue weighted by atomic mass is 10.0. The van der Waals surface area contributed by atoms with Gasteiger partial charge in [0.15, 0.2) is 5.66 Å². The molecule has 1 heterocycles. The molecule has 1 aliphatic heterocycles. The topological polar surface area (TPSA) is 70.9 Å². The van der Waals surface area contributed by atoms with Gasteiger partial charge in [-0.3, -0.25) is 9.98 Å². The quantitative estimate of drug-likeness (QED) is 0.741. The Bertz CT molecular complexity index is 1010. The van der Waals surface area contributed by atoms with Crippen molar-refractivity contribution in [3.8, 4) is 0 Å². The van der Waals surface area contributed by atoms with Gasteiger partial charge in [0.05, 0.1) is 15.6 Å². The van der Waals surface area contributed by atoms with Crippen molar-refractivity contribution in [2.24, 2.45) is 15.9 Å². The zero-order valence-corrected chi connectivity index (χ0v) is 17.8. The molecule has 1 N–H and O–H groups in total. The summed E-state index contributed by atoms with van der Waals surface area (Å²) >= 11 is 0. The van der Waals surface area contributed by atoms with Crippen LogP contribution in [0.3, 0.4) is 0 Å². The van der Waals surface area contributed by atoms with Crippen molar-refractivity contribution in [2.45, 2.75) is 63.6 Å². The number of fused-ring (bicyclic) bond motifs is 1. The lowest BCUT2D eigenvalue weighted by Gasteiger charge is -2.18. The maximum Gasteiger partial charge on any atom is 0.240 e. The van der Waals surface area contributed by atoms with Crippen molar-refractivity contribution < 1.29 is 8.42 Å². The van der Waals surface area contributed by atoms with E-state index in [0.717, 1.165) is 29.1 Å². The summed E-state index contributed by atoms with van der Waals surface area (Å²) in [5.74, 6) is 0.560. The average molecular weight is 400 g/mol. The molecule has 0 radical (unpaired) electrons. The van der Waals surface area contributed by atoms with Crippen LogP contribution in [0.1, 0.15) is 46.1 Å². The molecular weight excluding hydrogens is 370 g/mol. The van der Waals surface area contributed by atoms with Crippen molar-refractivity contribution in [2.75, 3.05) is 0 Å². The van der Waals surface area contributed by atoms with Gasteiger partial charge < -0.3 is 0 Å². The summed E-state index contributed by atoms with van der Waals surface area (Å²) in [4.78, 5) is 9.75. The number of nitrogens with one attached hydrogen (secondary N) is 1. The first kappa shape index (κ1) is 20.7. The molecular formula is C22H29N3O2S. The number of sulfonamides is 1. The fraction of sp³-hybridized carbons (Fsp3) is 0.455. The van der Waals surface area contributed by atoms with Gasteiger partial charge in [0, 0.05) is 12.5 Å². The summed E-state index contributed by atoms with van der Waals surface area (Å²) in [6.45, 7) is 8.19. The first-order valence-electron chi connectivity index (χ1n) is 9.83. The van der Waals surface area contributed by atoms with E-state index >= 15 is 0 Å². The molecule has 0 amide bonds. The molecule has 150 valence electrons. The van der Waals surface area contributed by atoms with Crippen molar-refractivity contribution >= 4 is 10.0 Å². The van der Waals surface area contributed by atoms with Gasteiger partial charge in [0.2, 0.25) is 10.0 Å². The molecule has 0 saturated heterocycles. The van der Waals surface area contributed by atoms with E-state index in [1.54, 1.807) is 12.1 Å². The van der Waals surface area contributed by atoms with Gasteiger partial charge in [-0.1, -0.05) is 38.1 Å². The van der Waals surface area contributed by atoms with Crippen LogP contribution in [0.15, 0.2) is 63.4 Å². The summed E-state index contributed by atoms with van der Waals surface area (Å²) in [6.07, 6.45) is 2.45. The van der Waals surface area contributed by atoms with Gasteiger partial charge in [-0.05, 0) is 62.4 Å². The molecule has 0 aliphatic carbocycles. The van der Waals surface area contributed by atoms with Gasteiger partial charge in [0.25, 0.3) is 0 Å². The fourth-order valence-corrected chi connectivity index (χ4v) is 4.70. The van der Waals surface area contributed by atoms with Crippen molar-refractivity contribution in [3.05, 3.63) is 64.8 Å². The minimum absolute atomic E-state index is 0.0828. The number of rotatable bonds is 8. The molecule has 0 bridgehead atoms. The van der Waals surface area contributed by atoms with Gasteiger partial charge >= 0.3 is 0 Å². The molecule has 28 heavy (non-hydrogen) atoms. The van der Waals surface area contributed by atoms with E-state index in [4.69, 9.17) is 9.98 Å². The standard InChI is InChI=1S/C22H29N3O2S/c1-16(2)9-10-17(3)25-28(26,27)19-13-11-18(12-14-19)15-22(4)23-20-7-5-6-8-21(20)24-22/h5-8,11-14,16-17,25H,9-10,15H2,1-4H3. The first-order chi connectivity index (χ1) is 13.2. The summed E-state index contributed by atoms with van der Waals surface area (Å²) in [5, 5.41) is 1.81. The van der Waals surface area contributed by atoms with Crippen molar-refractivity contribution in [3.63, 3.8) is 0 Å². The second kappa shape index (κ2) is 8.13. The van der Waals surface area contributed by atoms with E-state index in [2.05, 4.69) is 18.6 Å². The van der Waals surface area contributed by atoms with Crippen molar-refractivity contribution in [1.82, 2.24) is 4.72 Å². The van der Waals surface area contributed by atoms with Crippen LogP contribution in [0.5, 0.6) is 0 Å². The lowest BCUT2D eigenvalue weighted by Crippen LogP contribution is -2.32. The van der Waals surface area contributed by atoms with E-state index < -0.39 is 15.7 Å². The first-order valence-corrected chi connectivity index (χ1v) is 11.3. The Kier molecular flexibility index (Phi) is 6.01. The van der Waals surface area contributed by atoms with Crippen LogP contribution < -0.4 is 15.4 Å². The molecule has 1 unspecified atom stereocenters. The zero-order valence-electron chi connectivity index (χ0n) is 17.0. The van der Waals surface area contributed by atoms with Gasteiger partial charge in [-0.25, -0.2) is 13.1 Å². The van der Waals surface area contributed by atoms with Crippen LogP contribution in [-0.2, 0) is 16.4 Å². The summed E-state index contributed by atoms with van der Waals surface area (Å²) in [6, 6.07) is 14.8. The SMILES string of the molecule is CC(C)CCC(C)NS(=O)(=O)c1ccc(CC2(C)N=c3ccccc3=N2)cc1. The molecule has 3 rings (SSSR count). The maximum atomic E-state index is 12.6. The maximum absolute atomic E-state index is 12.6. The highest BCUT2D eigenvalue weighted by atomic mass is 32.2. The molecule has 0 saturated carbocycles. The van der Waals surface area contributed by atoms with Gasteiger partial charge in [-0.15, -0.1) is 0 Å². The Labute approximate surface area is 167 Å². The molecule has 5 nitrogen and oxygen atoms in total. The van der Waals surface area contributed by atoms with Gasteiger partial charge in [0.1, 0.15) is 0 Å². The minimum atomic E-state index is -3.51. The number of hydrogen-bond donors (Lipinski definition) is 1. The van der Waals surface area contributed by atoms with E-state index in [1.165, 1.54) is 0 Å².